The van der Waals surface area contributed by atoms with Crippen LogP contribution in [0.2, 0.25) is 0 Å². The minimum Gasteiger partial charge on any atom is -0.472 e. The van der Waals surface area contributed by atoms with Crippen LogP contribution in [-0.4, -0.2) is 76.8 Å². The summed E-state index contributed by atoms with van der Waals surface area (Å²) in [6, 6.07) is 1.56. The van der Waals surface area contributed by atoms with Crippen LogP contribution in [0.3, 0.4) is 0 Å². The molecule has 33 heavy (non-hydrogen) atoms. The van der Waals surface area contributed by atoms with Crippen LogP contribution in [0, 0.1) is 5.92 Å². The molecule has 8 nitrogen and oxygen atoms in total. The summed E-state index contributed by atoms with van der Waals surface area (Å²) in [4.78, 5) is 33.9. The predicted molar refractivity (Wildman–Crippen MR) is 128 cm³/mol. The number of hydrogen-bond donors (Lipinski definition) is 2. The number of carbonyl (C=O) groups is 2. The molecule has 1 aliphatic carbocycles. The van der Waals surface area contributed by atoms with E-state index in [0.29, 0.717) is 18.7 Å². The molecule has 182 valence electrons. The smallest absolute Gasteiger partial charge is 0.317 e. The summed E-state index contributed by atoms with van der Waals surface area (Å²) in [6.07, 6.45) is 10.7. The monoisotopic (exact) mass is 458 g/mol. The highest BCUT2D eigenvalue weighted by molar-refractivity contribution is 5.97. The zero-order valence-electron chi connectivity index (χ0n) is 20.3. The number of carbonyl (C=O) groups excluding carboxylic acids is 2. The Labute approximate surface area is 197 Å². The maximum Gasteiger partial charge on any atom is 0.317 e. The van der Waals surface area contributed by atoms with Gasteiger partial charge in [0, 0.05) is 31.7 Å². The summed E-state index contributed by atoms with van der Waals surface area (Å²) in [5.74, 6) is -0.0156. The van der Waals surface area contributed by atoms with Gasteiger partial charge >= 0.3 is 6.03 Å². The van der Waals surface area contributed by atoms with Gasteiger partial charge in [0.15, 0.2) is 0 Å². The van der Waals surface area contributed by atoms with Crippen molar-refractivity contribution < 1.29 is 19.4 Å². The Morgan fingerprint density at radius 1 is 1.39 bits per heavy atom. The fourth-order valence-electron chi connectivity index (χ4n) is 4.50. The number of aliphatic hydroxyl groups excluding tert-OH is 1. The first-order chi connectivity index (χ1) is 15.8. The number of rotatable bonds is 6. The Balaban J connectivity index is 1.82. The molecule has 2 aliphatic rings. The third-order valence-corrected chi connectivity index (χ3v) is 6.63. The lowest BCUT2D eigenvalue weighted by Gasteiger charge is -2.38. The molecule has 1 aliphatic heterocycles. The highest BCUT2D eigenvalue weighted by Crippen LogP contribution is 2.28. The Morgan fingerprint density at radius 2 is 2.12 bits per heavy atom. The van der Waals surface area contributed by atoms with Crippen LogP contribution in [0.15, 0.2) is 18.3 Å². The van der Waals surface area contributed by atoms with Gasteiger partial charge < -0.3 is 25.0 Å². The summed E-state index contributed by atoms with van der Waals surface area (Å²) >= 11 is 0. The molecular weight excluding hydrogens is 420 g/mol. The van der Waals surface area contributed by atoms with E-state index in [0.717, 1.165) is 31.2 Å². The van der Waals surface area contributed by atoms with Crippen molar-refractivity contribution in [1.82, 2.24) is 20.1 Å². The third kappa shape index (κ3) is 6.25. The molecule has 0 aromatic carbocycles. The van der Waals surface area contributed by atoms with Gasteiger partial charge in [0.25, 0.3) is 5.91 Å². The fourth-order valence-corrected chi connectivity index (χ4v) is 4.50. The quantitative estimate of drug-likeness (QED) is 0.682. The van der Waals surface area contributed by atoms with Gasteiger partial charge in [-0.05, 0) is 38.3 Å². The zero-order valence-corrected chi connectivity index (χ0v) is 20.3. The molecular formula is C25H38N4O4. The van der Waals surface area contributed by atoms with E-state index in [2.05, 4.69) is 10.3 Å². The molecule has 3 rings (SSSR count). The van der Waals surface area contributed by atoms with Gasteiger partial charge in [-0.25, -0.2) is 9.78 Å². The molecule has 2 heterocycles. The summed E-state index contributed by atoms with van der Waals surface area (Å²) in [6.45, 7) is 6.38. The highest BCUT2D eigenvalue weighted by atomic mass is 16.5. The molecule has 0 saturated heterocycles. The van der Waals surface area contributed by atoms with Gasteiger partial charge in [0.05, 0.1) is 19.2 Å². The molecule has 8 heteroatoms. The van der Waals surface area contributed by atoms with Crippen molar-refractivity contribution in [2.24, 2.45) is 5.92 Å². The largest absolute Gasteiger partial charge is 0.472 e. The van der Waals surface area contributed by atoms with E-state index in [1.807, 2.05) is 32.9 Å². The normalized spacial score (nSPS) is 22.8. The van der Waals surface area contributed by atoms with Crippen LogP contribution in [0.1, 0.15) is 68.8 Å². The first kappa shape index (κ1) is 25.0. The Morgan fingerprint density at radius 3 is 2.79 bits per heavy atom. The second-order valence-corrected chi connectivity index (χ2v) is 9.41. The van der Waals surface area contributed by atoms with Crippen LogP contribution in [0.5, 0.6) is 5.88 Å². The number of hydrogen-bond acceptors (Lipinski definition) is 5. The van der Waals surface area contributed by atoms with Gasteiger partial charge in [-0.2, -0.15) is 0 Å². The number of nitrogens with zero attached hydrogens (tertiary/aromatic N) is 3. The van der Waals surface area contributed by atoms with Gasteiger partial charge in [-0.3, -0.25) is 4.79 Å². The Hall–Kier alpha value is -2.61. The number of likely N-dealkylation sites (N-methyl/N-ethyl adjacent to an activating group) is 1. The van der Waals surface area contributed by atoms with Gasteiger partial charge in [-0.15, -0.1) is 0 Å². The standard InChI is InChI=1S/C25H38N4O4/c1-5-9-19-12-21-23(26-13-19)33-22(17(2)14-29(24(21)31)18(3)16-30)15-28(4)25(32)27-20-10-7-6-8-11-20/h5,9,12-13,17-18,20,22,30H,6-8,10-11,14-16H2,1-4H3,(H,27,32)/b9-5+/t17-,18+,22-/m0/s1. The van der Waals surface area contributed by atoms with E-state index in [9.17, 15) is 14.7 Å². The molecule has 2 N–H and O–H groups in total. The number of aromatic nitrogens is 1. The van der Waals surface area contributed by atoms with Crippen molar-refractivity contribution in [2.45, 2.75) is 71.1 Å². The first-order valence-electron chi connectivity index (χ1n) is 12.1. The van der Waals surface area contributed by atoms with Crippen LogP contribution in [0.25, 0.3) is 6.08 Å². The maximum absolute atomic E-state index is 13.3. The second kappa shape index (κ2) is 11.5. The van der Waals surface area contributed by atoms with Gasteiger partial charge in [0.1, 0.15) is 11.7 Å². The van der Waals surface area contributed by atoms with Crippen LogP contribution >= 0.6 is 0 Å². The molecule has 1 fully saturated rings. The van der Waals surface area contributed by atoms with E-state index in [-0.39, 0.29) is 48.5 Å². The summed E-state index contributed by atoms with van der Waals surface area (Å²) in [7, 11) is 1.77. The van der Waals surface area contributed by atoms with Gasteiger partial charge in [0.2, 0.25) is 5.88 Å². The first-order valence-corrected chi connectivity index (χ1v) is 12.1. The Kier molecular flexibility index (Phi) is 8.72. The van der Waals surface area contributed by atoms with E-state index >= 15 is 0 Å². The summed E-state index contributed by atoms with van der Waals surface area (Å²) in [5, 5.41) is 12.9. The van der Waals surface area contributed by atoms with Crippen LogP contribution in [-0.2, 0) is 0 Å². The van der Waals surface area contributed by atoms with E-state index in [1.165, 1.54) is 6.42 Å². The SMILES string of the molecule is C/C=C/c1cnc2c(c1)C(=O)N([C@H](C)CO)C[C@H](C)[C@H](CN(C)C(=O)NC1CCCCC1)O2. The maximum atomic E-state index is 13.3. The Bertz CT molecular complexity index is 853. The third-order valence-electron chi connectivity index (χ3n) is 6.63. The summed E-state index contributed by atoms with van der Waals surface area (Å²) < 4.78 is 6.26. The van der Waals surface area contributed by atoms with Crippen molar-refractivity contribution in [3.8, 4) is 5.88 Å². The van der Waals surface area contributed by atoms with Gasteiger partial charge in [-0.1, -0.05) is 38.3 Å². The lowest BCUT2D eigenvalue weighted by molar-refractivity contribution is 0.0351. The molecule has 0 bridgehead atoms. The minimum atomic E-state index is -0.354. The van der Waals surface area contributed by atoms with Crippen LogP contribution < -0.4 is 10.1 Å². The van der Waals surface area contributed by atoms with Crippen molar-refractivity contribution in [2.75, 3.05) is 26.7 Å². The molecule has 0 spiro atoms. The number of allylic oxidation sites excluding steroid dienone is 1. The molecule has 3 amide bonds. The molecule has 3 atom stereocenters. The number of nitrogens with one attached hydrogen (secondary N) is 1. The summed E-state index contributed by atoms with van der Waals surface area (Å²) in [5.41, 5.74) is 1.18. The second-order valence-electron chi connectivity index (χ2n) is 9.41. The van der Waals surface area contributed by atoms with Crippen molar-refractivity contribution in [1.29, 1.82) is 0 Å². The molecule has 1 aromatic rings. The number of amides is 3. The highest BCUT2D eigenvalue weighted by Gasteiger charge is 2.34. The number of pyridine rings is 1. The number of urea groups is 1. The van der Waals surface area contributed by atoms with Crippen molar-refractivity contribution in [3.63, 3.8) is 0 Å². The van der Waals surface area contributed by atoms with Crippen molar-refractivity contribution in [3.05, 3.63) is 29.5 Å². The molecule has 1 aromatic heterocycles. The minimum absolute atomic E-state index is 0.0713. The molecule has 1 saturated carbocycles. The van der Waals surface area contributed by atoms with Crippen LogP contribution in [0.4, 0.5) is 4.79 Å². The van der Waals surface area contributed by atoms with E-state index in [1.54, 1.807) is 29.1 Å². The average Bonchev–Trinajstić information content (AvgIpc) is 2.82. The molecule has 0 radical (unpaired) electrons. The number of fused-ring (bicyclic) bond motifs is 1. The average molecular weight is 459 g/mol. The lowest BCUT2D eigenvalue weighted by atomic mass is 9.96. The number of ether oxygens (including phenoxy) is 1. The number of aliphatic hydroxyl groups is 1. The lowest BCUT2D eigenvalue weighted by Crippen LogP contribution is -2.52. The molecule has 0 unspecified atom stereocenters. The topological polar surface area (TPSA) is 95.0 Å². The van der Waals surface area contributed by atoms with E-state index < -0.39 is 0 Å². The van der Waals surface area contributed by atoms with E-state index in [4.69, 9.17) is 4.74 Å². The zero-order chi connectivity index (χ0) is 24.0. The predicted octanol–water partition coefficient (Wildman–Crippen LogP) is 3.31. The fraction of sp³-hybridized carbons (Fsp3) is 0.640. The van der Waals surface area contributed by atoms with Crippen molar-refractivity contribution >= 4 is 18.0 Å².